The molecule has 0 spiro atoms. The summed E-state index contributed by atoms with van der Waals surface area (Å²) >= 11 is 0. The number of carbonyl (C=O) groups is 1. The molecule has 1 saturated heterocycles. The SMILES string of the molecule is Cc1nc(C(=O)N(CC2CCCNC2)C(C)C)no1. The van der Waals surface area contributed by atoms with Gasteiger partial charge in [0.25, 0.3) is 11.7 Å². The highest BCUT2D eigenvalue weighted by Crippen LogP contribution is 2.15. The predicted octanol–water partition coefficient (Wildman–Crippen LogP) is 1.23. The lowest BCUT2D eigenvalue weighted by molar-refractivity contribution is 0.0645. The molecule has 1 unspecified atom stereocenters. The van der Waals surface area contributed by atoms with E-state index in [1.807, 2.05) is 18.7 Å². The van der Waals surface area contributed by atoms with Gasteiger partial charge in [-0.2, -0.15) is 4.98 Å². The summed E-state index contributed by atoms with van der Waals surface area (Å²) in [5.41, 5.74) is 0. The quantitative estimate of drug-likeness (QED) is 0.887. The highest BCUT2D eigenvalue weighted by atomic mass is 16.5. The summed E-state index contributed by atoms with van der Waals surface area (Å²) in [6.45, 7) is 8.52. The zero-order valence-corrected chi connectivity index (χ0v) is 11.8. The number of piperidine rings is 1. The summed E-state index contributed by atoms with van der Waals surface area (Å²) in [5, 5.41) is 7.09. The predicted molar refractivity (Wildman–Crippen MR) is 70.8 cm³/mol. The molecule has 0 radical (unpaired) electrons. The van der Waals surface area contributed by atoms with Gasteiger partial charge in [-0.25, -0.2) is 0 Å². The minimum Gasteiger partial charge on any atom is -0.339 e. The molecule has 1 amide bonds. The van der Waals surface area contributed by atoms with Crippen LogP contribution in [0.2, 0.25) is 0 Å². The molecule has 1 aliphatic rings. The van der Waals surface area contributed by atoms with Crippen LogP contribution in [0.4, 0.5) is 0 Å². The molecule has 0 aliphatic carbocycles. The molecule has 2 rings (SSSR count). The van der Waals surface area contributed by atoms with Gasteiger partial charge < -0.3 is 14.7 Å². The average Bonchev–Trinajstić information content (AvgIpc) is 2.83. The summed E-state index contributed by atoms with van der Waals surface area (Å²) in [6, 6.07) is 0.133. The van der Waals surface area contributed by atoms with Gasteiger partial charge in [-0.3, -0.25) is 4.79 Å². The maximum absolute atomic E-state index is 12.4. The van der Waals surface area contributed by atoms with Crippen molar-refractivity contribution in [1.29, 1.82) is 0 Å². The van der Waals surface area contributed by atoms with E-state index >= 15 is 0 Å². The van der Waals surface area contributed by atoms with Crippen LogP contribution in [-0.2, 0) is 0 Å². The van der Waals surface area contributed by atoms with Gasteiger partial charge in [0.1, 0.15) is 0 Å². The minimum atomic E-state index is -0.141. The molecule has 1 aromatic rings. The van der Waals surface area contributed by atoms with Crippen molar-refractivity contribution >= 4 is 5.91 Å². The smallest absolute Gasteiger partial charge is 0.295 e. The number of carbonyl (C=O) groups excluding carboxylic acids is 1. The van der Waals surface area contributed by atoms with E-state index in [0.29, 0.717) is 11.8 Å². The van der Waals surface area contributed by atoms with E-state index < -0.39 is 0 Å². The van der Waals surface area contributed by atoms with Crippen LogP contribution in [0.25, 0.3) is 0 Å². The minimum absolute atomic E-state index is 0.133. The second-order valence-corrected chi connectivity index (χ2v) is 5.40. The van der Waals surface area contributed by atoms with Crippen molar-refractivity contribution in [3.8, 4) is 0 Å². The molecule has 2 heterocycles. The molecule has 1 aliphatic heterocycles. The molecule has 0 saturated carbocycles. The van der Waals surface area contributed by atoms with Crippen molar-refractivity contribution in [3.05, 3.63) is 11.7 Å². The Morgan fingerprint density at radius 2 is 2.37 bits per heavy atom. The van der Waals surface area contributed by atoms with Crippen LogP contribution in [0.1, 0.15) is 43.2 Å². The normalized spacial score (nSPS) is 19.7. The molecule has 1 aromatic heterocycles. The topological polar surface area (TPSA) is 71.3 Å². The molecule has 0 bridgehead atoms. The van der Waals surface area contributed by atoms with E-state index in [4.69, 9.17) is 4.52 Å². The van der Waals surface area contributed by atoms with Gasteiger partial charge in [0.05, 0.1) is 0 Å². The third-order valence-electron chi connectivity index (χ3n) is 3.46. The summed E-state index contributed by atoms with van der Waals surface area (Å²) in [5.74, 6) is 0.951. The lowest BCUT2D eigenvalue weighted by atomic mass is 9.98. The average molecular weight is 266 g/mol. The number of nitrogens with one attached hydrogen (secondary N) is 1. The van der Waals surface area contributed by atoms with Gasteiger partial charge >= 0.3 is 0 Å². The van der Waals surface area contributed by atoms with Gasteiger partial charge in [0.2, 0.25) is 5.89 Å². The fourth-order valence-electron chi connectivity index (χ4n) is 2.40. The first-order chi connectivity index (χ1) is 9.08. The maximum atomic E-state index is 12.4. The molecule has 1 atom stereocenters. The van der Waals surface area contributed by atoms with Crippen LogP contribution < -0.4 is 5.32 Å². The Labute approximate surface area is 113 Å². The number of hydrogen-bond acceptors (Lipinski definition) is 5. The first-order valence-corrected chi connectivity index (χ1v) is 6.90. The third kappa shape index (κ3) is 3.53. The van der Waals surface area contributed by atoms with Crippen LogP contribution in [-0.4, -0.2) is 46.6 Å². The molecular formula is C13H22N4O2. The first kappa shape index (κ1) is 14.0. The largest absolute Gasteiger partial charge is 0.339 e. The second-order valence-electron chi connectivity index (χ2n) is 5.40. The van der Waals surface area contributed by atoms with Crippen molar-refractivity contribution in [1.82, 2.24) is 20.4 Å². The molecule has 6 nitrogen and oxygen atoms in total. The van der Waals surface area contributed by atoms with Gasteiger partial charge in [-0.05, 0) is 45.7 Å². The van der Waals surface area contributed by atoms with E-state index in [2.05, 4.69) is 15.5 Å². The van der Waals surface area contributed by atoms with Crippen molar-refractivity contribution in [2.75, 3.05) is 19.6 Å². The molecular weight excluding hydrogens is 244 g/mol. The van der Waals surface area contributed by atoms with Crippen molar-refractivity contribution in [2.45, 2.75) is 39.7 Å². The fraction of sp³-hybridized carbons (Fsp3) is 0.769. The third-order valence-corrected chi connectivity index (χ3v) is 3.46. The van der Waals surface area contributed by atoms with Crippen LogP contribution in [0.15, 0.2) is 4.52 Å². The van der Waals surface area contributed by atoms with Crippen molar-refractivity contribution < 1.29 is 9.32 Å². The Morgan fingerprint density at radius 3 is 2.89 bits per heavy atom. The van der Waals surface area contributed by atoms with Gasteiger partial charge in [-0.1, -0.05) is 5.16 Å². The zero-order valence-electron chi connectivity index (χ0n) is 11.8. The monoisotopic (exact) mass is 266 g/mol. The van der Waals surface area contributed by atoms with Crippen LogP contribution in [0.5, 0.6) is 0 Å². The standard InChI is InChI=1S/C13H22N4O2/c1-9(2)17(8-11-5-4-6-14-7-11)13(18)12-15-10(3)19-16-12/h9,11,14H,4-8H2,1-3H3. The number of amides is 1. The molecule has 0 aromatic carbocycles. The highest BCUT2D eigenvalue weighted by Gasteiger charge is 2.26. The Bertz CT molecular complexity index is 424. The zero-order chi connectivity index (χ0) is 13.8. The van der Waals surface area contributed by atoms with E-state index in [1.165, 1.54) is 6.42 Å². The van der Waals surface area contributed by atoms with Crippen LogP contribution in [0.3, 0.4) is 0 Å². The lowest BCUT2D eigenvalue weighted by Gasteiger charge is -2.32. The Balaban J connectivity index is 2.04. The molecule has 6 heteroatoms. The van der Waals surface area contributed by atoms with Crippen LogP contribution >= 0.6 is 0 Å². The number of hydrogen-bond donors (Lipinski definition) is 1. The van der Waals surface area contributed by atoms with E-state index in [0.717, 1.165) is 26.1 Å². The lowest BCUT2D eigenvalue weighted by Crippen LogP contribution is -2.44. The van der Waals surface area contributed by atoms with E-state index in [1.54, 1.807) is 6.92 Å². The first-order valence-electron chi connectivity index (χ1n) is 6.90. The molecule has 1 fully saturated rings. The molecule has 1 N–H and O–H groups in total. The van der Waals surface area contributed by atoms with Crippen molar-refractivity contribution in [2.24, 2.45) is 5.92 Å². The fourth-order valence-corrected chi connectivity index (χ4v) is 2.40. The number of nitrogens with zero attached hydrogens (tertiary/aromatic N) is 3. The summed E-state index contributed by atoms with van der Waals surface area (Å²) < 4.78 is 4.88. The number of aryl methyl sites for hydroxylation is 1. The Morgan fingerprint density at radius 1 is 1.58 bits per heavy atom. The number of aromatic nitrogens is 2. The maximum Gasteiger partial charge on any atom is 0.295 e. The van der Waals surface area contributed by atoms with Crippen LogP contribution in [0, 0.1) is 12.8 Å². The molecule has 106 valence electrons. The Kier molecular flexibility index (Phi) is 4.52. The molecule has 19 heavy (non-hydrogen) atoms. The second kappa shape index (κ2) is 6.14. The summed E-state index contributed by atoms with van der Waals surface area (Å²) in [6.07, 6.45) is 2.33. The van der Waals surface area contributed by atoms with Crippen molar-refractivity contribution in [3.63, 3.8) is 0 Å². The van der Waals surface area contributed by atoms with Gasteiger partial charge in [0.15, 0.2) is 0 Å². The highest BCUT2D eigenvalue weighted by molar-refractivity contribution is 5.90. The summed E-state index contributed by atoms with van der Waals surface area (Å²) in [4.78, 5) is 18.3. The summed E-state index contributed by atoms with van der Waals surface area (Å²) in [7, 11) is 0. The van der Waals surface area contributed by atoms with Gasteiger partial charge in [0, 0.05) is 19.5 Å². The number of rotatable bonds is 4. The van der Waals surface area contributed by atoms with Gasteiger partial charge in [-0.15, -0.1) is 0 Å². The van der Waals surface area contributed by atoms with E-state index in [-0.39, 0.29) is 17.8 Å². The van der Waals surface area contributed by atoms with E-state index in [9.17, 15) is 4.79 Å². The Hall–Kier alpha value is -1.43.